The summed E-state index contributed by atoms with van der Waals surface area (Å²) in [6.07, 6.45) is 3.29. The van der Waals surface area contributed by atoms with E-state index in [0.717, 1.165) is 32.5 Å². The fourth-order valence-corrected chi connectivity index (χ4v) is 2.48. The first-order valence-corrected chi connectivity index (χ1v) is 7.04. The first-order valence-electron chi connectivity index (χ1n) is 7.04. The molecule has 1 heterocycles. The second kappa shape index (κ2) is 8.70. The largest absolute Gasteiger partial charge is 0.458 e. The molecule has 116 valence electrons. The van der Waals surface area contributed by atoms with Crippen LogP contribution in [-0.2, 0) is 16.1 Å². The number of benzene rings is 1. The highest BCUT2D eigenvalue weighted by atomic mass is 35.5. The monoisotopic (exact) mass is 310 g/mol. The van der Waals surface area contributed by atoms with Crippen molar-refractivity contribution < 1.29 is 9.53 Å². The van der Waals surface area contributed by atoms with Crippen molar-refractivity contribution in [3.05, 3.63) is 47.7 Å². The highest BCUT2D eigenvalue weighted by Crippen LogP contribution is 2.16. The lowest BCUT2D eigenvalue weighted by Crippen LogP contribution is -2.40. The van der Waals surface area contributed by atoms with E-state index < -0.39 is 0 Å². The van der Waals surface area contributed by atoms with Gasteiger partial charge >= 0.3 is 5.97 Å². The molecule has 1 aliphatic heterocycles. The van der Waals surface area contributed by atoms with Gasteiger partial charge in [0.05, 0.1) is 0 Å². The van der Waals surface area contributed by atoms with Crippen molar-refractivity contribution in [3.8, 4) is 0 Å². The standard InChI is InChI=1S/C16H22N2O2.ClH/c1-13(17)10-16(19)20-15-8-5-9-18(12-15)11-14-6-3-2-4-7-14;/h2-4,6-7,10,15H,5,8-9,11-12,17H2,1H3;1H. The maximum Gasteiger partial charge on any atom is 0.332 e. The number of carbonyl (C=O) groups is 1. The number of carbonyl (C=O) groups excluding carboxylic acids is 1. The van der Waals surface area contributed by atoms with Crippen LogP contribution in [0.25, 0.3) is 0 Å². The number of halogens is 1. The summed E-state index contributed by atoms with van der Waals surface area (Å²) < 4.78 is 5.43. The molecule has 4 nitrogen and oxygen atoms in total. The molecule has 2 N–H and O–H groups in total. The number of hydrogen-bond acceptors (Lipinski definition) is 4. The van der Waals surface area contributed by atoms with Crippen LogP contribution in [0.4, 0.5) is 0 Å². The Morgan fingerprint density at radius 3 is 2.81 bits per heavy atom. The van der Waals surface area contributed by atoms with Crippen LogP contribution in [0, 0.1) is 0 Å². The number of ether oxygens (including phenoxy) is 1. The fourth-order valence-electron chi connectivity index (χ4n) is 2.48. The minimum atomic E-state index is -0.337. The number of nitrogens with two attached hydrogens (primary N) is 1. The van der Waals surface area contributed by atoms with E-state index in [9.17, 15) is 4.79 Å². The van der Waals surface area contributed by atoms with Crippen molar-refractivity contribution in [1.29, 1.82) is 0 Å². The van der Waals surface area contributed by atoms with Crippen molar-refractivity contribution in [1.82, 2.24) is 4.90 Å². The molecule has 1 saturated heterocycles. The van der Waals surface area contributed by atoms with Gasteiger partial charge in [0.15, 0.2) is 0 Å². The summed E-state index contributed by atoms with van der Waals surface area (Å²) in [4.78, 5) is 13.9. The normalized spacial score (nSPS) is 19.7. The number of esters is 1. The zero-order chi connectivity index (χ0) is 14.4. The van der Waals surface area contributed by atoms with Gasteiger partial charge in [-0.15, -0.1) is 12.4 Å². The van der Waals surface area contributed by atoms with E-state index in [1.54, 1.807) is 6.92 Å². The maximum absolute atomic E-state index is 11.6. The van der Waals surface area contributed by atoms with Gasteiger partial charge in [0.25, 0.3) is 0 Å². The molecule has 1 aliphatic rings. The Hall–Kier alpha value is -1.52. The van der Waals surface area contributed by atoms with Gasteiger partial charge in [-0.05, 0) is 31.9 Å². The van der Waals surface area contributed by atoms with Crippen molar-refractivity contribution in [3.63, 3.8) is 0 Å². The van der Waals surface area contributed by atoms with Crippen LogP contribution >= 0.6 is 12.4 Å². The van der Waals surface area contributed by atoms with Crippen molar-refractivity contribution in [2.24, 2.45) is 5.73 Å². The Morgan fingerprint density at radius 2 is 2.14 bits per heavy atom. The zero-order valence-electron chi connectivity index (χ0n) is 12.3. The van der Waals surface area contributed by atoms with E-state index in [2.05, 4.69) is 17.0 Å². The summed E-state index contributed by atoms with van der Waals surface area (Å²) in [6, 6.07) is 10.4. The molecule has 0 saturated carbocycles. The average molecular weight is 311 g/mol. The third-order valence-electron chi connectivity index (χ3n) is 3.34. The fraction of sp³-hybridized carbons (Fsp3) is 0.438. The lowest BCUT2D eigenvalue weighted by molar-refractivity contribution is -0.145. The lowest BCUT2D eigenvalue weighted by atomic mass is 10.1. The molecule has 1 fully saturated rings. The van der Waals surface area contributed by atoms with Gasteiger partial charge in [-0.1, -0.05) is 30.3 Å². The van der Waals surface area contributed by atoms with E-state index in [0.29, 0.717) is 5.70 Å². The number of nitrogens with zero attached hydrogens (tertiary/aromatic N) is 1. The number of likely N-dealkylation sites (tertiary alicyclic amines) is 1. The minimum absolute atomic E-state index is 0. The molecule has 0 bridgehead atoms. The predicted molar refractivity (Wildman–Crippen MR) is 86.0 cm³/mol. The second-order valence-corrected chi connectivity index (χ2v) is 5.31. The molecule has 0 aromatic heterocycles. The molecule has 0 aliphatic carbocycles. The highest BCUT2D eigenvalue weighted by Gasteiger charge is 2.22. The quantitative estimate of drug-likeness (QED) is 0.685. The van der Waals surface area contributed by atoms with E-state index in [1.165, 1.54) is 11.6 Å². The Morgan fingerprint density at radius 1 is 1.43 bits per heavy atom. The van der Waals surface area contributed by atoms with Crippen LogP contribution in [0.3, 0.4) is 0 Å². The molecular weight excluding hydrogens is 288 g/mol. The molecule has 0 radical (unpaired) electrons. The van der Waals surface area contributed by atoms with E-state index in [1.807, 2.05) is 18.2 Å². The van der Waals surface area contributed by atoms with Gasteiger partial charge in [-0.25, -0.2) is 4.79 Å². The molecule has 1 unspecified atom stereocenters. The van der Waals surface area contributed by atoms with Gasteiger partial charge in [-0.2, -0.15) is 0 Å². The van der Waals surface area contributed by atoms with Gasteiger partial charge in [0.1, 0.15) is 6.10 Å². The SMILES string of the molecule is CC(N)=CC(=O)OC1CCCN(Cc2ccccc2)C1.Cl. The molecule has 5 heteroatoms. The van der Waals surface area contributed by atoms with Crippen LogP contribution in [-0.4, -0.2) is 30.1 Å². The summed E-state index contributed by atoms with van der Waals surface area (Å²) in [7, 11) is 0. The third kappa shape index (κ3) is 6.19. The third-order valence-corrected chi connectivity index (χ3v) is 3.34. The minimum Gasteiger partial charge on any atom is -0.458 e. The molecule has 21 heavy (non-hydrogen) atoms. The van der Waals surface area contributed by atoms with Crippen LogP contribution in [0.15, 0.2) is 42.1 Å². The number of allylic oxidation sites excluding steroid dienone is 1. The second-order valence-electron chi connectivity index (χ2n) is 5.31. The number of hydrogen-bond donors (Lipinski definition) is 1. The van der Waals surface area contributed by atoms with Crippen molar-refractivity contribution in [2.45, 2.75) is 32.4 Å². The highest BCUT2D eigenvalue weighted by molar-refractivity contribution is 5.85. The zero-order valence-corrected chi connectivity index (χ0v) is 13.1. The molecule has 1 atom stereocenters. The summed E-state index contributed by atoms with van der Waals surface area (Å²) in [6.45, 7) is 4.43. The van der Waals surface area contributed by atoms with E-state index in [4.69, 9.17) is 10.5 Å². The summed E-state index contributed by atoms with van der Waals surface area (Å²) in [5.74, 6) is -0.337. The Bertz CT molecular complexity index is 472. The first-order chi connectivity index (χ1) is 9.63. The average Bonchev–Trinajstić information content (AvgIpc) is 2.39. The number of rotatable bonds is 4. The van der Waals surface area contributed by atoms with Crippen LogP contribution in [0.1, 0.15) is 25.3 Å². The maximum atomic E-state index is 11.6. The summed E-state index contributed by atoms with van der Waals surface area (Å²) in [5.41, 5.74) is 7.25. The lowest BCUT2D eigenvalue weighted by Gasteiger charge is -2.32. The summed E-state index contributed by atoms with van der Waals surface area (Å²) in [5, 5.41) is 0. The molecular formula is C16H23ClN2O2. The van der Waals surface area contributed by atoms with Crippen LogP contribution < -0.4 is 5.73 Å². The molecule has 1 aromatic rings. The molecule has 1 aromatic carbocycles. The molecule has 0 amide bonds. The smallest absolute Gasteiger partial charge is 0.332 e. The topological polar surface area (TPSA) is 55.6 Å². The van der Waals surface area contributed by atoms with Crippen LogP contribution in [0.2, 0.25) is 0 Å². The van der Waals surface area contributed by atoms with E-state index >= 15 is 0 Å². The van der Waals surface area contributed by atoms with Crippen molar-refractivity contribution in [2.75, 3.05) is 13.1 Å². The Labute approximate surface area is 132 Å². The Kier molecular flexibility index (Phi) is 7.26. The van der Waals surface area contributed by atoms with Crippen molar-refractivity contribution >= 4 is 18.4 Å². The molecule has 0 spiro atoms. The number of piperidine rings is 1. The van der Waals surface area contributed by atoms with Gasteiger partial charge in [0, 0.05) is 24.9 Å². The molecule has 2 rings (SSSR count). The van der Waals surface area contributed by atoms with Gasteiger partial charge < -0.3 is 10.5 Å². The summed E-state index contributed by atoms with van der Waals surface area (Å²) >= 11 is 0. The first kappa shape index (κ1) is 17.5. The predicted octanol–water partition coefficient (Wildman–Crippen LogP) is 2.48. The van der Waals surface area contributed by atoms with Crippen LogP contribution in [0.5, 0.6) is 0 Å². The Balaban J connectivity index is 0.00000220. The van der Waals surface area contributed by atoms with E-state index in [-0.39, 0.29) is 24.5 Å². The van der Waals surface area contributed by atoms with Gasteiger partial charge in [-0.3, -0.25) is 4.90 Å². The van der Waals surface area contributed by atoms with Gasteiger partial charge in [0.2, 0.25) is 0 Å².